The van der Waals surface area contributed by atoms with Gasteiger partial charge in [0.2, 0.25) is 0 Å². The zero-order chi connectivity index (χ0) is 15.2. The van der Waals surface area contributed by atoms with Crippen molar-refractivity contribution < 1.29 is 4.42 Å². The second kappa shape index (κ2) is 7.45. The van der Waals surface area contributed by atoms with E-state index in [4.69, 9.17) is 28.2 Å². The number of hydrogen-bond acceptors (Lipinski definition) is 3. The smallest absolute Gasteiger partial charge is 0.170 e. The molecule has 1 aromatic carbocycles. The Labute approximate surface area is 135 Å². The Kier molecular flexibility index (Phi) is 5.61. The monoisotopic (exact) mass is 323 g/mol. The second-order valence-electron chi connectivity index (χ2n) is 4.81. The van der Waals surface area contributed by atoms with Crippen LogP contribution in [0.4, 0.5) is 5.69 Å². The number of nitrogens with one attached hydrogen (secondary N) is 2. The average molecular weight is 324 g/mol. The number of furan rings is 1. The molecule has 0 bridgehead atoms. The first-order chi connectivity index (χ1) is 10.1. The van der Waals surface area contributed by atoms with Crippen molar-refractivity contribution >= 4 is 34.6 Å². The summed E-state index contributed by atoms with van der Waals surface area (Å²) in [6.07, 6.45) is 1.67. The van der Waals surface area contributed by atoms with E-state index in [-0.39, 0.29) is 6.04 Å². The van der Waals surface area contributed by atoms with Gasteiger partial charge in [0.25, 0.3) is 0 Å². The van der Waals surface area contributed by atoms with Crippen molar-refractivity contribution in [2.45, 2.75) is 6.04 Å². The molecule has 21 heavy (non-hydrogen) atoms. The number of halogens is 1. The molecule has 2 N–H and O–H groups in total. The summed E-state index contributed by atoms with van der Waals surface area (Å²) in [6.45, 7) is 0.636. The molecule has 0 unspecified atom stereocenters. The van der Waals surface area contributed by atoms with Gasteiger partial charge in [0.15, 0.2) is 5.11 Å². The van der Waals surface area contributed by atoms with Crippen LogP contribution in [-0.4, -0.2) is 30.7 Å². The molecule has 6 heteroatoms. The van der Waals surface area contributed by atoms with Crippen molar-refractivity contribution in [2.75, 3.05) is 26.0 Å². The number of hydrogen-bond donors (Lipinski definition) is 2. The van der Waals surface area contributed by atoms with E-state index in [0.29, 0.717) is 16.7 Å². The molecule has 0 amide bonds. The minimum absolute atomic E-state index is 0.103. The minimum atomic E-state index is 0.103. The Balaban J connectivity index is 1.92. The van der Waals surface area contributed by atoms with E-state index < -0.39 is 0 Å². The van der Waals surface area contributed by atoms with E-state index in [1.165, 1.54) is 0 Å². The van der Waals surface area contributed by atoms with Crippen LogP contribution in [0.15, 0.2) is 47.1 Å². The molecule has 0 saturated carbocycles. The third kappa shape index (κ3) is 4.46. The van der Waals surface area contributed by atoms with Crippen LogP contribution in [0.5, 0.6) is 0 Å². The maximum absolute atomic E-state index is 6.09. The summed E-state index contributed by atoms with van der Waals surface area (Å²) < 4.78 is 5.46. The number of thiocarbonyl (C=S) groups is 1. The third-order valence-electron chi connectivity index (χ3n) is 3.07. The highest BCUT2D eigenvalue weighted by Crippen LogP contribution is 2.21. The van der Waals surface area contributed by atoms with Gasteiger partial charge in [-0.15, -0.1) is 0 Å². The highest BCUT2D eigenvalue weighted by atomic mass is 35.5. The summed E-state index contributed by atoms with van der Waals surface area (Å²) in [5.41, 5.74) is 0.788. The van der Waals surface area contributed by atoms with Crippen molar-refractivity contribution in [1.82, 2.24) is 10.2 Å². The Morgan fingerprint density at radius 3 is 2.67 bits per heavy atom. The van der Waals surface area contributed by atoms with Gasteiger partial charge < -0.3 is 15.1 Å². The average Bonchev–Trinajstić information content (AvgIpc) is 2.95. The Bertz CT molecular complexity index is 586. The van der Waals surface area contributed by atoms with Gasteiger partial charge in [-0.25, -0.2) is 0 Å². The van der Waals surface area contributed by atoms with Crippen molar-refractivity contribution in [3.63, 3.8) is 0 Å². The fourth-order valence-electron chi connectivity index (χ4n) is 1.94. The first-order valence-corrected chi connectivity index (χ1v) is 7.35. The zero-order valence-corrected chi connectivity index (χ0v) is 13.5. The van der Waals surface area contributed by atoms with Gasteiger partial charge in [0, 0.05) is 6.54 Å². The predicted octanol–water partition coefficient (Wildman–Crippen LogP) is 3.52. The number of nitrogens with zero attached hydrogens (tertiary/aromatic N) is 1. The predicted molar refractivity (Wildman–Crippen MR) is 90.8 cm³/mol. The van der Waals surface area contributed by atoms with Gasteiger partial charge in [-0.3, -0.25) is 4.90 Å². The summed E-state index contributed by atoms with van der Waals surface area (Å²) in [7, 11) is 4.00. The maximum atomic E-state index is 6.09. The summed E-state index contributed by atoms with van der Waals surface area (Å²) in [5.74, 6) is 0.896. The lowest BCUT2D eigenvalue weighted by Gasteiger charge is -2.23. The van der Waals surface area contributed by atoms with Crippen molar-refractivity contribution in [2.24, 2.45) is 0 Å². The molecule has 1 atom stereocenters. The van der Waals surface area contributed by atoms with Gasteiger partial charge in [-0.2, -0.15) is 0 Å². The summed E-state index contributed by atoms with van der Waals surface area (Å²) >= 11 is 11.4. The molecule has 0 spiro atoms. The highest BCUT2D eigenvalue weighted by Gasteiger charge is 2.17. The molecule has 2 aromatic rings. The minimum Gasteiger partial charge on any atom is -0.468 e. The molecule has 2 rings (SSSR count). The molecular weight excluding hydrogens is 306 g/mol. The van der Waals surface area contributed by atoms with Crippen LogP contribution in [0.1, 0.15) is 11.8 Å². The van der Waals surface area contributed by atoms with Crippen LogP contribution >= 0.6 is 23.8 Å². The lowest BCUT2D eigenvalue weighted by atomic mass is 10.2. The normalized spacial score (nSPS) is 12.2. The van der Waals surface area contributed by atoms with Crippen LogP contribution in [0.25, 0.3) is 0 Å². The SMILES string of the molecule is CN(C)[C@@H](CNC(=S)Nc1ccccc1Cl)c1ccco1. The van der Waals surface area contributed by atoms with E-state index in [1.807, 2.05) is 50.5 Å². The van der Waals surface area contributed by atoms with Crippen molar-refractivity contribution in [3.8, 4) is 0 Å². The van der Waals surface area contributed by atoms with Crippen LogP contribution in [-0.2, 0) is 0 Å². The second-order valence-corrected chi connectivity index (χ2v) is 5.63. The molecule has 0 aliphatic rings. The number of benzene rings is 1. The van der Waals surface area contributed by atoms with Gasteiger partial charge in [0.1, 0.15) is 5.76 Å². The Hall–Kier alpha value is -1.56. The molecule has 0 radical (unpaired) electrons. The van der Waals surface area contributed by atoms with E-state index in [2.05, 4.69) is 15.5 Å². The van der Waals surface area contributed by atoms with Crippen LogP contribution < -0.4 is 10.6 Å². The van der Waals surface area contributed by atoms with E-state index in [1.54, 1.807) is 6.26 Å². The Morgan fingerprint density at radius 1 is 1.29 bits per heavy atom. The standard InChI is InChI=1S/C15H18ClN3OS/c1-19(2)13(14-8-5-9-20-14)10-17-15(21)18-12-7-4-3-6-11(12)16/h3-9,13H,10H2,1-2H3,(H2,17,18,21)/t13-/m0/s1. The molecule has 0 aliphatic heterocycles. The van der Waals surface area contributed by atoms with Gasteiger partial charge >= 0.3 is 0 Å². The molecular formula is C15H18ClN3OS. The quantitative estimate of drug-likeness (QED) is 0.824. The van der Waals surface area contributed by atoms with Gasteiger partial charge in [-0.05, 0) is 50.6 Å². The summed E-state index contributed by atoms with van der Waals surface area (Å²) in [6, 6.07) is 11.4. The van der Waals surface area contributed by atoms with E-state index >= 15 is 0 Å². The largest absolute Gasteiger partial charge is 0.468 e. The maximum Gasteiger partial charge on any atom is 0.170 e. The number of rotatable bonds is 5. The fourth-order valence-corrected chi connectivity index (χ4v) is 2.31. The third-order valence-corrected chi connectivity index (χ3v) is 3.65. The highest BCUT2D eigenvalue weighted by molar-refractivity contribution is 7.80. The molecule has 112 valence electrons. The molecule has 0 saturated heterocycles. The number of para-hydroxylation sites is 1. The zero-order valence-electron chi connectivity index (χ0n) is 12.0. The topological polar surface area (TPSA) is 40.4 Å². The molecule has 0 fully saturated rings. The van der Waals surface area contributed by atoms with Crippen molar-refractivity contribution in [3.05, 3.63) is 53.4 Å². The lowest BCUT2D eigenvalue weighted by Crippen LogP contribution is -2.36. The molecule has 1 aromatic heterocycles. The summed E-state index contributed by atoms with van der Waals surface area (Å²) in [4.78, 5) is 2.07. The van der Waals surface area contributed by atoms with Crippen LogP contribution in [0, 0.1) is 0 Å². The van der Waals surface area contributed by atoms with Gasteiger partial charge in [-0.1, -0.05) is 23.7 Å². The first-order valence-electron chi connectivity index (χ1n) is 6.57. The molecule has 0 aliphatic carbocycles. The van der Waals surface area contributed by atoms with E-state index in [9.17, 15) is 0 Å². The lowest BCUT2D eigenvalue weighted by molar-refractivity contribution is 0.259. The van der Waals surface area contributed by atoms with Gasteiger partial charge in [0.05, 0.1) is 23.0 Å². The molecule has 1 heterocycles. The van der Waals surface area contributed by atoms with Crippen LogP contribution in [0.3, 0.4) is 0 Å². The fraction of sp³-hybridized carbons (Fsp3) is 0.267. The summed E-state index contributed by atoms with van der Waals surface area (Å²) in [5, 5.41) is 7.44. The van der Waals surface area contributed by atoms with E-state index in [0.717, 1.165) is 11.4 Å². The van der Waals surface area contributed by atoms with Crippen LogP contribution in [0.2, 0.25) is 5.02 Å². The molecule has 4 nitrogen and oxygen atoms in total. The van der Waals surface area contributed by atoms with Crippen molar-refractivity contribution in [1.29, 1.82) is 0 Å². The number of anilines is 1. The number of likely N-dealkylation sites (N-methyl/N-ethyl adjacent to an activating group) is 1. The Morgan fingerprint density at radius 2 is 2.05 bits per heavy atom. The first kappa shape index (κ1) is 15.8.